The van der Waals surface area contributed by atoms with Crippen molar-refractivity contribution in [2.75, 3.05) is 48.0 Å². The zero-order valence-electron chi connectivity index (χ0n) is 18.4. The molecule has 3 amide bonds. The topological polar surface area (TPSA) is 108 Å². The van der Waals surface area contributed by atoms with Gasteiger partial charge in [-0.15, -0.1) is 0 Å². The Morgan fingerprint density at radius 3 is 2.48 bits per heavy atom. The van der Waals surface area contributed by atoms with Gasteiger partial charge in [-0.25, -0.2) is 0 Å². The van der Waals surface area contributed by atoms with Crippen LogP contribution in [-0.2, 0) is 30.3 Å². The van der Waals surface area contributed by atoms with E-state index < -0.39 is 24.0 Å². The average Bonchev–Trinajstić information content (AvgIpc) is 2.84. The molecule has 2 fully saturated rings. The van der Waals surface area contributed by atoms with Gasteiger partial charge in [-0.2, -0.15) is 0 Å². The summed E-state index contributed by atoms with van der Waals surface area (Å²) in [6.45, 7) is 3.35. The molecule has 0 aromatic heterocycles. The molecule has 4 rings (SSSR count). The molecule has 0 radical (unpaired) electrons. The van der Waals surface area contributed by atoms with Gasteiger partial charge in [0.15, 0.2) is 12.2 Å². The molecular weight excluding hydrogens is 426 g/mol. The van der Waals surface area contributed by atoms with Gasteiger partial charge < -0.3 is 29.7 Å². The third-order valence-electron chi connectivity index (χ3n) is 5.75. The maximum Gasteiger partial charge on any atom is 0.259 e. The lowest BCUT2D eigenvalue weighted by Crippen LogP contribution is -2.55. The highest BCUT2D eigenvalue weighted by atomic mass is 16.5. The van der Waals surface area contributed by atoms with E-state index in [1.54, 1.807) is 41.3 Å². The fourth-order valence-corrected chi connectivity index (χ4v) is 3.89. The second kappa shape index (κ2) is 10.1. The number of aliphatic hydroxyl groups is 1. The molecule has 9 heteroatoms. The summed E-state index contributed by atoms with van der Waals surface area (Å²) in [5, 5.41) is 13.2. The third kappa shape index (κ3) is 5.05. The number of ether oxygens (including phenoxy) is 2. The molecule has 33 heavy (non-hydrogen) atoms. The number of nitrogens with zero attached hydrogens (tertiary/aromatic N) is 2. The summed E-state index contributed by atoms with van der Waals surface area (Å²) >= 11 is 0. The molecular formula is C24H27N3O6. The summed E-state index contributed by atoms with van der Waals surface area (Å²) in [6.07, 6.45) is -2.13. The first kappa shape index (κ1) is 22.9. The lowest BCUT2D eigenvalue weighted by Gasteiger charge is -2.35. The molecule has 2 aliphatic rings. The minimum Gasteiger partial charge on any atom is -0.380 e. The first-order valence-electron chi connectivity index (χ1n) is 11.0. The van der Waals surface area contributed by atoms with Crippen LogP contribution in [-0.4, -0.2) is 67.9 Å². The van der Waals surface area contributed by atoms with Crippen LogP contribution in [0, 0.1) is 0 Å². The zero-order valence-corrected chi connectivity index (χ0v) is 18.4. The molecule has 2 unspecified atom stereocenters. The molecule has 174 valence electrons. The van der Waals surface area contributed by atoms with Crippen LogP contribution >= 0.6 is 0 Å². The van der Waals surface area contributed by atoms with Crippen LogP contribution in [0.4, 0.5) is 17.1 Å². The van der Waals surface area contributed by atoms with Gasteiger partial charge in [0.05, 0.1) is 13.2 Å². The predicted octanol–water partition coefficient (Wildman–Crippen LogP) is 1.34. The van der Waals surface area contributed by atoms with Crippen molar-refractivity contribution in [1.82, 2.24) is 0 Å². The van der Waals surface area contributed by atoms with E-state index in [-0.39, 0.29) is 25.7 Å². The number of carbonyl (C=O) groups is 3. The number of carbonyl (C=O) groups excluding carboxylic acids is 3. The summed E-state index contributed by atoms with van der Waals surface area (Å²) in [5.74, 6) is -1.38. The van der Waals surface area contributed by atoms with Gasteiger partial charge >= 0.3 is 0 Å². The minimum atomic E-state index is -1.67. The lowest BCUT2D eigenvalue weighted by molar-refractivity contribution is -0.150. The molecule has 2 atom stereocenters. The van der Waals surface area contributed by atoms with Crippen molar-refractivity contribution in [2.45, 2.75) is 25.6 Å². The number of rotatable bonds is 6. The van der Waals surface area contributed by atoms with Gasteiger partial charge in [-0.1, -0.05) is 25.1 Å². The van der Waals surface area contributed by atoms with Crippen molar-refractivity contribution in [3.05, 3.63) is 54.1 Å². The molecule has 2 aliphatic heterocycles. The van der Waals surface area contributed by atoms with E-state index in [1.807, 2.05) is 19.1 Å². The van der Waals surface area contributed by atoms with Crippen molar-refractivity contribution in [2.24, 2.45) is 0 Å². The molecule has 9 nitrogen and oxygen atoms in total. The Balaban J connectivity index is 1.46. The van der Waals surface area contributed by atoms with Crippen LogP contribution in [0.3, 0.4) is 0 Å². The van der Waals surface area contributed by atoms with E-state index in [0.29, 0.717) is 30.2 Å². The third-order valence-corrected chi connectivity index (χ3v) is 5.75. The van der Waals surface area contributed by atoms with Crippen molar-refractivity contribution in [3.8, 4) is 0 Å². The maximum atomic E-state index is 13.1. The molecule has 2 aromatic rings. The van der Waals surface area contributed by atoms with E-state index in [2.05, 4.69) is 5.32 Å². The van der Waals surface area contributed by atoms with E-state index in [4.69, 9.17) is 9.47 Å². The largest absolute Gasteiger partial charge is 0.380 e. The number of aliphatic hydroxyl groups excluding tert-OH is 1. The van der Waals surface area contributed by atoms with Crippen LogP contribution in [0.25, 0.3) is 0 Å². The Morgan fingerprint density at radius 1 is 1.09 bits per heavy atom. The number of hydrogen-bond donors (Lipinski definition) is 2. The van der Waals surface area contributed by atoms with Crippen LogP contribution in [0.1, 0.15) is 12.5 Å². The fraction of sp³-hybridized carbons (Fsp3) is 0.375. The molecule has 2 saturated heterocycles. The maximum absolute atomic E-state index is 13.1. The number of anilines is 3. The highest BCUT2D eigenvalue weighted by molar-refractivity contribution is 6.04. The van der Waals surface area contributed by atoms with E-state index >= 15 is 0 Å². The first-order valence-corrected chi connectivity index (χ1v) is 11.0. The highest BCUT2D eigenvalue weighted by Crippen LogP contribution is 2.26. The van der Waals surface area contributed by atoms with Crippen LogP contribution in [0.2, 0.25) is 0 Å². The Hall–Kier alpha value is -3.27. The van der Waals surface area contributed by atoms with Crippen molar-refractivity contribution in [3.63, 3.8) is 0 Å². The van der Waals surface area contributed by atoms with Gasteiger partial charge in [-0.05, 0) is 42.3 Å². The average molecular weight is 453 g/mol. The number of nitrogens with one attached hydrogen (secondary N) is 1. The molecule has 0 aliphatic carbocycles. The second-order valence-corrected chi connectivity index (χ2v) is 7.88. The predicted molar refractivity (Wildman–Crippen MR) is 122 cm³/mol. The molecule has 0 bridgehead atoms. The number of hydrogen-bond acceptors (Lipinski definition) is 6. The van der Waals surface area contributed by atoms with E-state index in [9.17, 15) is 19.5 Å². The molecule has 2 aromatic carbocycles. The summed E-state index contributed by atoms with van der Waals surface area (Å²) in [5.41, 5.74) is 2.87. The Bertz CT molecular complexity index is 1030. The fourth-order valence-electron chi connectivity index (χ4n) is 3.89. The number of amides is 3. The van der Waals surface area contributed by atoms with E-state index in [1.165, 1.54) is 4.90 Å². The monoisotopic (exact) mass is 453 g/mol. The van der Waals surface area contributed by atoms with Crippen molar-refractivity contribution in [1.29, 1.82) is 0 Å². The van der Waals surface area contributed by atoms with Crippen LogP contribution in [0.5, 0.6) is 0 Å². The molecule has 0 spiro atoms. The molecule has 0 saturated carbocycles. The van der Waals surface area contributed by atoms with Gasteiger partial charge in [-0.3, -0.25) is 14.4 Å². The smallest absolute Gasteiger partial charge is 0.259 e. The molecule has 2 N–H and O–H groups in total. The van der Waals surface area contributed by atoms with Gasteiger partial charge in [0.1, 0.15) is 6.61 Å². The number of morpholine rings is 2. The Kier molecular flexibility index (Phi) is 7.02. The van der Waals surface area contributed by atoms with E-state index in [0.717, 1.165) is 12.0 Å². The van der Waals surface area contributed by atoms with Crippen molar-refractivity contribution >= 4 is 34.8 Å². The SMILES string of the molecule is CCc1ccc(NC(=O)C(O)C2OCCN(c3cccc(N4CCOCC4=O)c3)C2=O)cc1. The van der Waals surface area contributed by atoms with Crippen LogP contribution < -0.4 is 15.1 Å². The Labute approximate surface area is 191 Å². The first-order chi connectivity index (χ1) is 16.0. The standard InChI is InChI=1S/C24H27N3O6/c1-2-16-6-8-17(9-7-16)25-23(30)21(29)22-24(31)27(11-13-33-22)19-5-3-4-18(14-19)26-10-12-32-15-20(26)28/h3-9,14,21-22,29H,2,10-13,15H2,1H3,(H,25,30). The highest BCUT2D eigenvalue weighted by Gasteiger charge is 2.39. The van der Waals surface area contributed by atoms with Gasteiger partial charge in [0.25, 0.3) is 17.7 Å². The minimum absolute atomic E-state index is 0.0191. The summed E-state index contributed by atoms with van der Waals surface area (Å²) in [6, 6.07) is 14.3. The summed E-state index contributed by atoms with van der Waals surface area (Å²) in [4.78, 5) is 41.0. The number of benzene rings is 2. The lowest BCUT2D eigenvalue weighted by atomic mass is 10.1. The second-order valence-electron chi connectivity index (χ2n) is 7.88. The molecule has 2 heterocycles. The van der Waals surface area contributed by atoms with Crippen LogP contribution in [0.15, 0.2) is 48.5 Å². The normalized spacial score (nSPS) is 20.0. The zero-order chi connectivity index (χ0) is 23.4. The van der Waals surface area contributed by atoms with Gasteiger partial charge in [0.2, 0.25) is 0 Å². The Morgan fingerprint density at radius 2 is 1.79 bits per heavy atom. The summed E-state index contributed by atoms with van der Waals surface area (Å²) < 4.78 is 10.7. The quantitative estimate of drug-likeness (QED) is 0.684. The van der Waals surface area contributed by atoms with Gasteiger partial charge in [0, 0.05) is 30.2 Å². The number of aryl methyl sites for hydroxylation is 1. The summed E-state index contributed by atoms with van der Waals surface area (Å²) in [7, 11) is 0. The van der Waals surface area contributed by atoms with Crippen molar-refractivity contribution < 1.29 is 29.0 Å².